The van der Waals surface area contributed by atoms with Crippen molar-refractivity contribution in [3.05, 3.63) is 64.4 Å². The maximum atomic E-state index is 13.3. The van der Waals surface area contributed by atoms with Crippen LogP contribution in [0.2, 0.25) is 5.02 Å². The third-order valence-corrected chi connectivity index (χ3v) is 3.07. The SMILES string of the molecule is COc1ccc(C(=O)Cc2ccc(Cl)c(F)c2)cc1. The van der Waals surface area contributed by atoms with Crippen LogP contribution in [0, 0.1) is 5.82 Å². The average molecular weight is 279 g/mol. The molecule has 0 atom stereocenters. The quantitative estimate of drug-likeness (QED) is 0.793. The number of ketones is 1. The first-order chi connectivity index (χ1) is 9.10. The molecule has 0 amide bonds. The Morgan fingerprint density at radius 1 is 1.21 bits per heavy atom. The Kier molecular flexibility index (Phi) is 4.17. The Balaban J connectivity index is 2.13. The summed E-state index contributed by atoms with van der Waals surface area (Å²) >= 11 is 5.59. The third-order valence-electron chi connectivity index (χ3n) is 2.76. The van der Waals surface area contributed by atoms with Crippen molar-refractivity contribution in [3.63, 3.8) is 0 Å². The number of methoxy groups -OCH3 is 1. The fourth-order valence-corrected chi connectivity index (χ4v) is 1.83. The molecule has 0 aliphatic rings. The normalized spacial score (nSPS) is 10.3. The molecule has 0 radical (unpaired) electrons. The molecule has 0 aliphatic heterocycles. The first kappa shape index (κ1) is 13.6. The Labute approximate surface area is 115 Å². The van der Waals surface area contributed by atoms with Crippen LogP contribution < -0.4 is 4.74 Å². The first-order valence-corrected chi connectivity index (χ1v) is 6.09. The van der Waals surface area contributed by atoms with Crippen molar-refractivity contribution in [2.45, 2.75) is 6.42 Å². The molecule has 0 bridgehead atoms. The summed E-state index contributed by atoms with van der Waals surface area (Å²) in [5.74, 6) is 0.0974. The standard InChI is InChI=1S/C15H12ClFO2/c1-19-12-5-3-11(4-6-12)15(18)9-10-2-7-13(16)14(17)8-10/h2-8H,9H2,1H3. The number of carbonyl (C=O) groups is 1. The van der Waals surface area contributed by atoms with Gasteiger partial charge in [0.25, 0.3) is 0 Å². The van der Waals surface area contributed by atoms with E-state index in [0.29, 0.717) is 16.9 Å². The van der Waals surface area contributed by atoms with E-state index in [4.69, 9.17) is 16.3 Å². The highest BCUT2D eigenvalue weighted by Crippen LogP contribution is 2.18. The molecule has 2 aromatic rings. The van der Waals surface area contributed by atoms with Crippen molar-refractivity contribution >= 4 is 17.4 Å². The highest BCUT2D eigenvalue weighted by atomic mass is 35.5. The number of hydrogen-bond acceptors (Lipinski definition) is 2. The van der Waals surface area contributed by atoms with Gasteiger partial charge in [-0.3, -0.25) is 4.79 Å². The van der Waals surface area contributed by atoms with Gasteiger partial charge < -0.3 is 4.74 Å². The first-order valence-electron chi connectivity index (χ1n) is 5.71. The summed E-state index contributed by atoms with van der Waals surface area (Å²) in [6.45, 7) is 0. The van der Waals surface area contributed by atoms with Crippen LogP contribution in [0.4, 0.5) is 4.39 Å². The average Bonchev–Trinajstić information content (AvgIpc) is 2.43. The van der Waals surface area contributed by atoms with Gasteiger partial charge in [0.1, 0.15) is 11.6 Å². The smallest absolute Gasteiger partial charge is 0.167 e. The minimum Gasteiger partial charge on any atom is -0.497 e. The lowest BCUT2D eigenvalue weighted by molar-refractivity contribution is 0.0993. The summed E-state index contributed by atoms with van der Waals surface area (Å²) in [6, 6.07) is 11.2. The second kappa shape index (κ2) is 5.85. The molecule has 0 unspecified atom stereocenters. The summed E-state index contributed by atoms with van der Waals surface area (Å²) < 4.78 is 18.3. The van der Waals surface area contributed by atoms with Gasteiger partial charge in [-0.25, -0.2) is 4.39 Å². The molecule has 2 rings (SSSR count). The van der Waals surface area contributed by atoms with E-state index in [9.17, 15) is 9.18 Å². The predicted molar refractivity (Wildman–Crippen MR) is 72.4 cm³/mol. The lowest BCUT2D eigenvalue weighted by Gasteiger charge is -2.04. The number of ether oxygens (including phenoxy) is 1. The molecule has 2 nitrogen and oxygen atoms in total. The van der Waals surface area contributed by atoms with Gasteiger partial charge >= 0.3 is 0 Å². The van der Waals surface area contributed by atoms with Crippen molar-refractivity contribution < 1.29 is 13.9 Å². The maximum Gasteiger partial charge on any atom is 0.167 e. The van der Waals surface area contributed by atoms with Gasteiger partial charge in [0.15, 0.2) is 5.78 Å². The third kappa shape index (κ3) is 3.32. The van der Waals surface area contributed by atoms with Crippen LogP contribution >= 0.6 is 11.6 Å². The molecule has 0 fully saturated rings. The van der Waals surface area contributed by atoms with Gasteiger partial charge in [0.2, 0.25) is 0 Å². The van der Waals surface area contributed by atoms with E-state index in [1.807, 2.05) is 0 Å². The zero-order valence-corrected chi connectivity index (χ0v) is 11.1. The van der Waals surface area contributed by atoms with E-state index in [2.05, 4.69) is 0 Å². The van der Waals surface area contributed by atoms with Crippen LogP contribution in [0.5, 0.6) is 5.75 Å². The van der Waals surface area contributed by atoms with E-state index in [1.54, 1.807) is 37.4 Å². The molecule has 4 heteroatoms. The van der Waals surface area contributed by atoms with Gasteiger partial charge in [-0.05, 0) is 42.0 Å². The minimum absolute atomic E-state index is 0.0562. The lowest BCUT2D eigenvalue weighted by Crippen LogP contribution is -2.03. The van der Waals surface area contributed by atoms with Gasteiger partial charge in [0, 0.05) is 12.0 Å². The molecule has 0 aromatic heterocycles. The van der Waals surface area contributed by atoms with Gasteiger partial charge in [0.05, 0.1) is 12.1 Å². The summed E-state index contributed by atoms with van der Waals surface area (Å²) in [6.07, 6.45) is 0.139. The number of hydrogen-bond donors (Lipinski definition) is 0. The molecule has 98 valence electrons. The molecule has 0 N–H and O–H groups in total. The number of halogens is 2. The monoisotopic (exact) mass is 278 g/mol. The fourth-order valence-electron chi connectivity index (χ4n) is 1.71. The number of carbonyl (C=O) groups excluding carboxylic acids is 1. The molecule has 19 heavy (non-hydrogen) atoms. The molecule has 0 heterocycles. The van der Waals surface area contributed by atoms with Gasteiger partial charge in [-0.15, -0.1) is 0 Å². The van der Waals surface area contributed by atoms with E-state index < -0.39 is 5.82 Å². The summed E-state index contributed by atoms with van der Waals surface area (Å²) in [7, 11) is 1.56. The Morgan fingerprint density at radius 2 is 1.89 bits per heavy atom. The van der Waals surface area contributed by atoms with Crippen LogP contribution in [0.25, 0.3) is 0 Å². The molecule has 0 aliphatic carbocycles. The molecular weight excluding hydrogens is 267 g/mol. The summed E-state index contributed by atoms with van der Waals surface area (Å²) in [4.78, 5) is 12.0. The Bertz CT molecular complexity index is 594. The Hall–Kier alpha value is -1.87. The predicted octanol–water partition coefficient (Wildman–Crippen LogP) is 3.91. The van der Waals surface area contributed by atoms with Crippen LogP contribution in [0.15, 0.2) is 42.5 Å². The highest BCUT2D eigenvalue weighted by molar-refractivity contribution is 6.30. The van der Waals surface area contributed by atoms with Crippen molar-refractivity contribution in [1.82, 2.24) is 0 Å². The minimum atomic E-state index is -0.512. The summed E-state index contributed by atoms with van der Waals surface area (Å²) in [5, 5.41) is 0.0562. The van der Waals surface area contributed by atoms with E-state index in [-0.39, 0.29) is 17.2 Å². The molecule has 0 saturated heterocycles. The van der Waals surface area contributed by atoms with Crippen molar-refractivity contribution in [2.75, 3.05) is 7.11 Å². The molecule has 0 saturated carbocycles. The fraction of sp³-hybridized carbons (Fsp3) is 0.133. The topological polar surface area (TPSA) is 26.3 Å². The Morgan fingerprint density at radius 3 is 2.47 bits per heavy atom. The summed E-state index contributed by atoms with van der Waals surface area (Å²) in [5.41, 5.74) is 1.17. The highest BCUT2D eigenvalue weighted by Gasteiger charge is 2.09. The molecular formula is C15H12ClFO2. The zero-order valence-electron chi connectivity index (χ0n) is 10.3. The van der Waals surface area contributed by atoms with E-state index >= 15 is 0 Å². The van der Waals surface area contributed by atoms with Crippen molar-refractivity contribution in [2.24, 2.45) is 0 Å². The largest absolute Gasteiger partial charge is 0.497 e. The van der Waals surface area contributed by atoms with E-state index in [0.717, 1.165) is 0 Å². The second-order valence-electron chi connectivity index (χ2n) is 4.08. The van der Waals surface area contributed by atoms with Crippen LogP contribution in [0.1, 0.15) is 15.9 Å². The van der Waals surface area contributed by atoms with Crippen LogP contribution in [-0.4, -0.2) is 12.9 Å². The number of benzene rings is 2. The van der Waals surface area contributed by atoms with Crippen molar-refractivity contribution in [1.29, 1.82) is 0 Å². The van der Waals surface area contributed by atoms with Gasteiger partial charge in [-0.1, -0.05) is 17.7 Å². The van der Waals surface area contributed by atoms with Crippen LogP contribution in [-0.2, 0) is 6.42 Å². The second-order valence-corrected chi connectivity index (χ2v) is 4.48. The zero-order chi connectivity index (χ0) is 13.8. The lowest BCUT2D eigenvalue weighted by atomic mass is 10.0. The van der Waals surface area contributed by atoms with E-state index in [1.165, 1.54) is 12.1 Å². The van der Waals surface area contributed by atoms with Crippen molar-refractivity contribution in [3.8, 4) is 5.75 Å². The maximum absolute atomic E-state index is 13.3. The molecule has 2 aromatic carbocycles. The van der Waals surface area contributed by atoms with Crippen LogP contribution in [0.3, 0.4) is 0 Å². The van der Waals surface area contributed by atoms with Gasteiger partial charge in [-0.2, -0.15) is 0 Å². The number of rotatable bonds is 4. The number of Topliss-reactive ketones (excluding diaryl/α,β-unsaturated/α-hetero) is 1. The molecule has 0 spiro atoms.